The summed E-state index contributed by atoms with van der Waals surface area (Å²) in [4.78, 5) is 13.8. The summed E-state index contributed by atoms with van der Waals surface area (Å²) >= 11 is 2.31. The Labute approximate surface area is 104 Å². The van der Waals surface area contributed by atoms with Gasteiger partial charge in [-0.1, -0.05) is 19.9 Å². The SMILES string of the molecule is CC(C)C(=O)N1Cc2ccc(I)cc2C1. The van der Waals surface area contributed by atoms with Crippen molar-refractivity contribution in [3.63, 3.8) is 0 Å². The molecule has 80 valence electrons. The van der Waals surface area contributed by atoms with E-state index in [0.717, 1.165) is 13.1 Å². The molecule has 0 unspecified atom stereocenters. The van der Waals surface area contributed by atoms with Gasteiger partial charge in [-0.3, -0.25) is 4.79 Å². The molecule has 3 heteroatoms. The first-order chi connectivity index (χ1) is 7.08. The minimum Gasteiger partial charge on any atom is -0.334 e. The maximum absolute atomic E-state index is 11.8. The van der Waals surface area contributed by atoms with Crippen molar-refractivity contribution in [2.75, 3.05) is 0 Å². The lowest BCUT2D eigenvalue weighted by atomic mass is 10.1. The highest BCUT2D eigenvalue weighted by Gasteiger charge is 2.24. The van der Waals surface area contributed by atoms with Crippen molar-refractivity contribution in [2.24, 2.45) is 5.92 Å². The van der Waals surface area contributed by atoms with E-state index in [4.69, 9.17) is 0 Å². The summed E-state index contributed by atoms with van der Waals surface area (Å²) in [6, 6.07) is 6.40. The highest BCUT2D eigenvalue weighted by Crippen LogP contribution is 2.25. The van der Waals surface area contributed by atoms with Crippen molar-refractivity contribution in [2.45, 2.75) is 26.9 Å². The normalized spacial score (nSPS) is 14.5. The van der Waals surface area contributed by atoms with Crippen molar-refractivity contribution >= 4 is 28.5 Å². The molecule has 0 spiro atoms. The predicted octanol–water partition coefficient (Wildman–Crippen LogP) is 2.79. The number of halogens is 1. The van der Waals surface area contributed by atoms with Crippen LogP contribution in [0.3, 0.4) is 0 Å². The minimum absolute atomic E-state index is 0.0957. The second-order valence-electron chi connectivity index (χ2n) is 4.26. The highest BCUT2D eigenvalue weighted by molar-refractivity contribution is 14.1. The molecule has 15 heavy (non-hydrogen) atoms. The molecule has 2 rings (SSSR count). The van der Waals surface area contributed by atoms with Gasteiger partial charge in [-0.2, -0.15) is 0 Å². The van der Waals surface area contributed by atoms with Gasteiger partial charge in [0.15, 0.2) is 0 Å². The number of benzene rings is 1. The van der Waals surface area contributed by atoms with E-state index < -0.39 is 0 Å². The summed E-state index contributed by atoms with van der Waals surface area (Å²) in [5, 5.41) is 0. The van der Waals surface area contributed by atoms with Crippen LogP contribution in [0.25, 0.3) is 0 Å². The zero-order chi connectivity index (χ0) is 11.0. The van der Waals surface area contributed by atoms with Crippen LogP contribution in [0, 0.1) is 9.49 Å². The molecule has 0 aliphatic carbocycles. The van der Waals surface area contributed by atoms with Gasteiger partial charge >= 0.3 is 0 Å². The zero-order valence-corrected chi connectivity index (χ0v) is 11.1. The Hall–Kier alpha value is -0.580. The number of nitrogens with zero attached hydrogens (tertiary/aromatic N) is 1. The van der Waals surface area contributed by atoms with Crippen molar-refractivity contribution in [1.82, 2.24) is 4.90 Å². The Kier molecular flexibility index (Phi) is 3.00. The first-order valence-electron chi connectivity index (χ1n) is 5.14. The van der Waals surface area contributed by atoms with Crippen LogP contribution in [-0.2, 0) is 17.9 Å². The average molecular weight is 315 g/mol. The minimum atomic E-state index is 0.0957. The quantitative estimate of drug-likeness (QED) is 0.730. The van der Waals surface area contributed by atoms with E-state index >= 15 is 0 Å². The molecule has 0 saturated carbocycles. The molecule has 1 aliphatic heterocycles. The number of hydrogen-bond acceptors (Lipinski definition) is 1. The number of rotatable bonds is 1. The van der Waals surface area contributed by atoms with Crippen LogP contribution in [0.5, 0.6) is 0 Å². The van der Waals surface area contributed by atoms with Crippen LogP contribution >= 0.6 is 22.6 Å². The van der Waals surface area contributed by atoms with Gasteiger partial charge in [0.2, 0.25) is 5.91 Å². The van der Waals surface area contributed by atoms with Gasteiger partial charge < -0.3 is 4.90 Å². The maximum atomic E-state index is 11.8. The van der Waals surface area contributed by atoms with Gasteiger partial charge in [0.1, 0.15) is 0 Å². The number of hydrogen-bond donors (Lipinski definition) is 0. The molecular formula is C12H14INO. The van der Waals surface area contributed by atoms with Crippen molar-refractivity contribution in [1.29, 1.82) is 0 Å². The van der Waals surface area contributed by atoms with Gasteiger partial charge in [-0.05, 0) is 45.9 Å². The lowest BCUT2D eigenvalue weighted by molar-refractivity contribution is -0.135. The molecule has 1 amide bonds. The zero-order valence-electron chi connectivity index (χ0n) is 8.96. The van der Waals surface area contributed by atoms with Crippen LogP contribution < -0.4 is 0 Å². The van der Waals surface area contributed by atoms with E-state index in [1.54, 1.807) is 0 Å². The summed E-state index contributed by atoms with van der Waals surface area (Å²) in [7, 11) is 0. The summed E-state index contributed by atoms with van der Waals surface area (Å²) in [5.74, 6) is 0.347. The topological polar surface area (TPSA) is 20.3 Å². The first kappa shape index (κ1) is 10.9. The number of carbonyl (C=O) groups is 1. The number of fused-ring (bicyclic) bond motifs is 1. The molecule has 0 radical (unpaired) electrons. The third-order valence-electron chi connectivity index (χ3n) is 2.70. The average Bonchev–Trinajstić information content (AvgIpc) is 2.58. The van der Waals surface area contributed by atoms with E-state index in [0.29, 0.717) is 0 Å². The molecule has 2 nitrogen and oxygen atoms in total. The predicted molar refractivity (Wildman–Crippen MR) is 68.3 cm³/mol. The van der Waals surface area contributed by atoms with E-state index in [9.17, 15) is 4.79 Å². The molecule has 0 saturated heterocycles. The van der Waals surface area contributed by atoms with E-state index in [-0.39, 0.29) is 11.8 Å². The smallest absolute Gasteiger partial charge is 0.225 e. The second kappa shape index (κ2) is 4.12. The number of carbonyl (C=O) groups excluding carboxylic acids is 1. The van der Waals surface area contributed by atoms with Crippen LogP contribution in [0.2, 0.25) is 0 Å². The standard InChI is InChI=1S/C12H14INO/c1-8(2)12(15)14-6-9-3-4-11(13)5-10(9)7-14/h3-5,8H,6-7H2,1-2H3. The van der Waals surface area contributed by atoms with Crippen LogP contribution in [0.1, 0.15) is 25.0 Å². The maximum Gasteiger partial charge on any atom is 0.225 e. The van der Waals surface area contributed by atoms with E-state index in [2.05, 4.69) is 40.8 Å². The molecule has 1 aromatic rings. The molecule has 0 bridgehead atoms. The van der Waals surface area contributed by atoms with Crippen molar-refractivity contribution < 1.29 is 4.79 Å². The number of amides is 1. The Morgan fingerprint density at radius 3 is 2.67 bits per heavy atom. The third-order valence-corrected chi connectivity index (χ3v) is 3.37. The molecular weight excluding hydrogens is 301 g/mol. The fourth-order valence-electron chi connectivity index (χ4n) is 1.88. The summed E-state index contributed by atoms with van der Waals surface area (Å²) in [6.45, 7) is 5.47. The summed E-state index contributed by atoms with van der Waals surface area (Å²) in [5.41, 5.74) is 2.60. The Bertz CT molecular complexity index is 401. The largest absolute Gasteiger partial charge is 0.334 e. The van der Waals surface area contributed by atoms with Crippen LogP contribution in [0.4, 0.5) is 0 Å². The molecule has 1 heterocycles. The van der Waals surface area contributed by atoms with Gasteiger partial charge in [-0.15, -0.1) is 0 Å². The molecule has 0 atom stereocenters. The summed E-state index contributed by atoms with van der Waals surface area (Å²) < 4.78 is 1.24. The lowest BCUT2D eigenvalue weighted by Gasteiger charge is -2.17. The molecule has 0 aromatic heterocycles. The van der Waals surface area contributed by atoms with Gasteiger partial charge in [0.25, 0.3) is 0 Å². The highest BCUT2D eigenvalue weighted by atomic mass is 127. The monoisotopic (exact) mass is 315 g/mol. The van der Waals surface area contributed by atoms with Gasteiger partial charge in [0.05, 0.1) is 0 Å². The van der Waals surface area contributed by atoms with E-state index in [1.807, 2.05) is 18.7 Å². The van der Waals surface area contributed by atoms with Crippen molar-refractivity contribution in [3.05, 3.63) is 32.9 Å². The summed E-state index contributed by atoms with van der Waals surface area (Å²) in [6.07, 6.45) is 0. The molecule has 1 aliphatic rings. The third kappa shape index (κ3) is 2.17. The fraction of sp³-hybridized carbons (Fsp3) is 0.417. The van der Waals surface area contributed by atoms with Crippen molar-refractivity contribution in [3.8, 4) is 0 Å². The van der Waals surface area contributed by atoms with Crippen LogP contribution in [-0.4, -0.2) is 10.8 Å². The van der Waals surface area contributed by atoms with E-state index in [1.165, 1.54) is 14.7 Å². The Morgan fingerprint density at radius 1 is 1.33 bits per heavy atom. The lowest BCUT2D eigenvalue weighted by Crippen LogP contribution is -2.29. The van der Waals surface area contributed by atoms with Gasteiger partial charge in [0, 0.05) is 22.6 Å². The molecule has 0 fully saturated rings. The van der Waals surface area contributed by atoms with Crippen LogP contribution in [0.15, 0.2) is 18.2 Å². The Morgan fingerprint density at radius 2 is 2.00 bits per heavy atom. The molecule has 0 N–H and O–H groups in total. The fourth-order valence-corrected chi connectivity index (χ4v) is 2.44. The Balaban J connectivity index is 2.19. The van der Waals surface area contributed by atoms with Gasteiger partial charge in [-0.25, -0.2) is 0 Å². The first-order valence-corrected chi connectivity index (χ1v) is 6.22. The molecule has 1 aromatic carbocycles. The second-order valence-corrected chi connectivity index (χ2v) is 5.51.